The maximum absolute atomic E-state index is 4.78. The summed E-state index contributed by atoms with van der Waals surface area (Å²) in [5.74, 6) is 1.06. The molecule has 0 radical (unpaired) electrons. The van der Waals surface area contributed by atoms with Crippen LogP contribution in [0.2, 0.25) is 0 Å². The lowest BCUT2D eigenvalue weighted by Gasteiger charge is -2.23. The van der Waals surface area contributed by atoms with Crippen LogP contribution in [0.4, 0.5) is 0 Å². The summed E-state index contributed by atoms with van der Waals surface area (Å²) in [6, 6.07) is 4.21. The molecule has 21 heavy (non-hydrogen) atoms. The Morgan fingerprint density at radius 2 is 2.24 bits per heavy atom. The van der Waals surface area contributed by atoms with Crippen LogP contribution in [0.15, 0.2) is 23.3 Å². The van der Waals surface area contributed by atoms with Crippen molar-refractivity contribution in [2.24, 2.45) is 10.4 Å². The molecule has 1 N–H and O–H groups in total. The van der Waals surface area contributed by atoms with Gasteiger partial charge in [0.2, 0.25) is 0 Å². The van der Waals surface area contributed by atoms with Crippen molar-refractivity contribution in [2.45, 2.75) is 40.5 Å². The van der Waals surface area contributed by atoms with Crippen molar-refractivity contribution in [3.63, 3.8) is 0 Å². The van der Waals surface area contributed by atoms with Crippen LogP contribution in [0.3, 0.4) is 0 Å². The number of nitrogens with one attached hydrogen (secondary N) is 1. The quantitative estimate of drug-likeness (QED) is 0.684. The number of hydrogen-bond acceptors (Lipinski definition) is 2. The van der Waals surface area contributed by atoms with E-state index in [2.05, 4.69) is 48.1 Å². The Hall–Kier alpha value is -1.58. The van der Waals surface area contributed by atoms with Gasteiger partial charge in [0.25, 0.3) is 0 Å². The molecule has 0 amide bonds. The van der Waals surface area contributed by atoms with Gasteiger partial charge in [-0.1, -0.05) is 19.9 Å². The summed E-state index contributed by atoms with van der Waals surface area (Å²) in [7, 11) is 0. The van der Waals surface area contributed by atoms with Crippen LogP contribution >= 0.6 is 0 Å². The van der Waals surface area contributed by atoms with Gasteiger partial charge < -0.3 is 10.2 Å². The molecule has 1 aromatic heterocycles. The van der Waals surface area contributed by atoms with Crippen LogP contribution in [-0.2, 0) is 6.42 Å². The van der Waals surface area contributed by atoms with E-state index in [-0.39, 0.29) is 0 Å². The molecule has 1 aliphatic heterocycles. The molecule has 1 aromatic rings. The van der Waals surface area contributed by atoms with Crippen LogP contribution in [0.1, 0.15) is 38.4 Å². The number of aromatic nitrogens is 1. The van der Waals surface area contributed by atoms with Crippen molar-refractivity contribution in [1.82, 2.24) is 15.2 Å². The predicted molar refractivity (Wildman–Crippen MR) is 88.6 cm³/mol. The van der Waals surface area contributed by atoms with Crippen LogP contribution in [0.5, 0.6) is 0 Å². The van der Waals surface area contributed by atoms with Gasteiger partial charge in [0.1, 0.15) is 0 Å². The van der Waals surface area contributed by atoms with Gasteiger partial charge in [-0.3, -0.25) is 9.98 Å². The molecule has 4 nitrogen and oxygen atoms in total. The normalized spacial score (nSPS) is 18.1. The van der Waals surface area contributed by atoms with Crippen LogP contribution in [-0.4, -0.2) is 42.0 Å². The highest BCUT2D eigenvalue weighted by molar-refractivity contribution is 5.80. The summed E-state index contributed by atoms with van der Waals surface area (Å²) in [6.07, 6.45) is 4.13. The number of aliphatic imine (C=N–C) groups is 1. The molecule has 0 spiro atoms. The maximum atomic E-state index is 4.78. The minimum atomic E-state index is 0.400. The third-order valence-electron chi connectivity index (χ3n) is 3.95. The fraction of sp³-hybridized carbons (Fsp3) is 0.647. The summed E-state index contributed by atoms with van der Waals surface area (Å²) >= 11 is 0. The third kappa shape index (κ3) is 4.73. The van der Waals surface area contributed by atoms with Gasteiger partial charge in [0.15, 0.2) is 5.96 Å². The Balaban J connectivity index is 1.93. The number of aryl methyl sites for hydroxylation is 1. The lowest BCUT2D eigenvalue weighted by molar-refractivity contribution is 0.370. The maximum Gasteiger partial charge on any atom is 0.193 e. The lowest BCUT2D eigenvalue weighted by Crippen LogP contribution is -2.40. The van der Waals surface area contributed by atoms with E-state index in [9.17, 15) is 0 Å². The second-order valence-electron chi connectivity index (χ2n) is 6.63. The SMILES string of the molecule is CCNC(=NCCc1ccc(C)nc1)N1CCC(C)(C)C1. The van der Waals surface area contributed by atoms with Crippen molar-refractivity contribution >= 4 is 5.96 Å². The third-order valence-corrected chi connectivity index (χ3v) is 3.95. The minimum absolute atomic E-state index is 0.400. The fourth-order valence-electron chi connectivity index (χ4n) is 2.66. The smallest absolute Gasteiger partial charge is 0.193 e. The number of hydrogen-bond donors (Lipinski definition) is 1. The van der Waals surface area contributed by atoms with Crippen LogP contribution < -0.4 is 5.32 Å². The average molecular weight is 288 g/mol. The zero-order chi connectivity index (χ0) is 15.3. The van der Waals surface area contributed by atoms with Gasteiger partial charge in [0, 0.05) is 38.1 Å². The molecule has 4 heteroatoms. The molecule has 0 aromatic carbocycles. The van der Waals surface area contributed by atoms with E-state index in [0.717, 1.165) is 44.3 Å². The fourth-order valence-corrected chi connectivity index (χ4v) is 2.66. The summed E-state index contributed by atoms with van der Waals surface area (Å²) in [5.41, 5.74) is 2.72. The first-order valence-electron chi connectivity index (χ1n) is 7.95. The van der Waals surface area contributed by atoms with Gasteiger partial charge in [-0.15, -0.1) is 0 Å². The summed E-state index contributed by atoms with van der Waals surface area (Å²) < 4.78 is 0. The first-order valence-corrected chi connectivity index (χ1v) is 7.95. The van der Waals surface area contributed by atoms with E-state index in [0.29, 0.717) is 5.41 Å². The number of nitrogens with zero attached hydrogens (tertiary/aromatic N) is 3. The van der Waals surface area contributed by atoms with Gasteiger partial charge >= 0.3 is 0 Å². The Bertz CT molecular complexity index is 476. The van der Waals surface area contributed by atoms with E-state index in [1.54, 1.807) is 0 Å². The summed E-state index contributed by atoms with van der Waals surface area (Å²) in [6.45, 7) is 12.7. The first-order chi connectivity index (χ1) is 10.00. The molecule has 0 aliphatic carbocycles. The predicted octanol–water partition coefficient (Wildman–Crippen LogP) is 2.63. The van der Waals surface area contributed by atoms with Crippen molar-refractivity contribution in [1.29, 1.82) is 0 Å². The Labute approximate surface area is 128 Å². The molecular weight excluding hydrogens is 260 g/mol. The largest absolute Gasteiger partial charge is 0.357 e. The molecule has 0 saturated carbocycles. The highest BCUT2D eigenvalue weighted by atomic mass is 15.3. The van der Waals surface area contributed by atoms with Gasteiger partial charge in [0.05, 0.1) is 0 Å². The second-order valence-corrected chi connectivity index (χ2v) is 6.63. The van der Waals surface area contributed by atoms with E-state index in [4.69, 9.17) is 4.99 Å². The highest BCUT2D eigenvalue weighted by Crippen LogP contribution is 2.28. The van der Waals surface area contributed by atoms with E-state index in [1.807, 2.05) is 13.1 Å². The Kier molecular flexibility index (Phi) is 5.21. The van der Waals surface area contributed by atoms with E-state index in [1.165, 1.54) is 12.0 Å². The average Bonchev–Trinajstić information content (AvgIpc) is 2.80. The van der Waals surface area contributed by atoms with E-state index < -0.39 is 0 Å². The Morgan fingerprint density at radius 3 is 2.81 bits per heavy atom. The van der Waals surface area contributed by atoms with Gasteiger partial charge in [-0.05, 0) is 43.7 Å². The zero-order valence-electron chi connectivity index (χ0n) is 13.8. The topological polar surface area (TPSA) is 40.5 Å². The van der Waals surface area contributed by atoms with E-state index >= 15 is 0 Å². The number of guanidine groups is 1. The summed E-state index contributed by atoms with van der Waals surface area (Å²) in [5, 5.41) is 3.42. The summed E-state index contributed by atoms with van der Waals surface area (Å²) in [4.78, 5) is 11.5. The molecule has 2 rings (SSSR count). The minimum Gasteiger partial charge on any atom is -0.357 e. The molecule has 1 saturated heterocycles. The van der Waals surface area contributed by atoms with Crippen molar-refractivity contribution < 1.29 is 0 Å². The molecular formula is C17H28N4. The molecule has 0 atom stereocenters. The first kappa shape index (κ1) is 15.8. The van der Waals surface area contributed by atoms with Crippen molar-refractivity contribution in [3.05, 3.63) is 29.6 Å². The highest BCUT2D eigenvalue weighted by Gasteiger charge is 2.30. The molecule has 116 valence electrons. The number of likely N-dealkylation sites (tertiary alicyclic amines) is 1. The molecule has 1 fully saturated rings. The standard InChI is InChI=1S/C17H28N4/c1-5-18-16(21-11-9-17(3,4)13-21)19-10-8-15-7-6-14(2)20-12-15/h6-7,12H,5,8-11,13H2,1-4H3,(H,18,19). The van der Waals surface area contributed by atoms with Gasteiger partial charge in [-0.25, -0.2) is 0 Å². The Morgan fingerprint density at radius 1 is 1.43 bits per heavy atom. The van der Waals surface area contributed by atoms with Crippen molar-refractivity contribution in [3.8, 4) is 0 Å². The molecule has 0 bridgehead atoms. The molecule has 1 aliphatic rings. The zero-order valence-corrected chi connectivity index (χ0v) is 13.8. The van der Waals surface area contributed by atoms with Gasteiger partial charge in [-0.2, -0.15) is 0 Å². The van der Waals surface area contributed by atoms with Crippen LogP contribution in [0.25, 0.3) is 0 Å². The second kappa shape index (κ2) is 6.92. The molecule has 0 unspecified atom stereocenters. The number of pyridine rings is 1. The number of rotatable bonds is 4. The van der Waals surface area contributed by atoms with Crippen LogP contribution in [0, 0.1) is 12.3 Å². The monoisotopic (exact) mass is 288 g/mol. The van der Waals surface area contributed by atoms with Crippen molar-refractivity contribution in [2.75, 3.05) is 26.2 Å². The lowest BCUT2D eigenvalue weighted by atomic mass is 9.93. The molecule has 2 heterocycles.